The fourth-order valence-corrected chi connectivity index (χ4v) is 6.85. The van der Waals surface area contributed by atoms with Crippen molar-refractivity contribution in [3.8, 4) is 0 Å². The quantitative estimate of drug-likeness (QED) is 0.246. The zero-order chi connectivity index (χ0) is 28.0. The Bertz CT molecular complexity index is 989. The number of likely N-dealkylation sites (tertiary alicyclic amines) is 1. The summed E-state index contributed by atoms with van der Waals surface area (Å²) < 4.78 is -1.17. The van der Waals surface area contributed by atoms with Crippen molar-refractivity contribution in [2.75, 3.05) is 6.54 Å². The number of hydrogen-bond donors (Lipinski definition) is 4. The van der Waals surface area contributed by atoms with E-state index in [1.807, 2.05) is 20.8 Å². The van der Waals surface area contributed by atoms with Crippen molar-refractivity contribution >= 4 is 52.7 Å². The molecule has 5 N–H and O–H groups in total. The molecule has 0 aromatic carbocycles. The number of primary amides is 1. The number of ketones is 1. The highest BCUT2D eigenvalue weighted by Gasteiger charge is 2.74. The summed E-state index contributed by atoms with van der Waals surface area (Å²) in [4.78, 5) is 66.0. The minimum atomic E-state index is -1.17. The number of halogens is 2. The largest absolute Gasteiger partial charge is 0.363 e. The Morgan fingerprint density at radius 3 is 2.18 bits per heavy atom. The van der Waals surface area contributed by atoms with E-state index in [0.717, 1.165) is 44.9 Å². The van der Waals surface area contributed by atoms with Gasteiger partial charge >= 0.3 is 6.03 Å². The Morgan fingerprint density at radius 1 is 1.00 bits per heavy atom. The van der Waals surface area contributed by atoms with E-state index < -0.39 is 57.5 Å². The van der Waals surface area contributed by atoms with Gasteiger partial charge in [0.25, 0.3) is 5.91 Å². The molecule has 2 unspecified atom stereocenters. The number of alkyl halides is 2. The fourth-order valence-electron chi connectivity index (χ4n) is 6.03. The maximum atomic E-state index is 14.0. The van der Waals surface area contributed by atoms with E-state index in [-0.39, 0.29) is 30.2 Å². The average molecular weight is 573 g/mol. The molecule has 38 heavy (non-hydrogen) atoms. The van der Waals surface area contributed by atoms with Gasteiger partial charge in [-0.05, 0) is 51.9 Å². The van der Waals surface area contributed by atoms with Gasteiger partial charge in [-0.2, -0.15) is 0 Å². The van der Waals surface area contributed by atoms with Gasteiger partial charge < -0.3 is 26.6 Å². The van der Waals surface area contributed by atoms with Crippen molar-refractivity contribution in [1.82, 2.24) is 20.9 Å². The number of urea groups is 1. The van der Waals surface area contributed by atoms with E-state index in [0.29, 0.717) is 6.42 Å². The molecular weight excluding hydrogens is 533 g/mol. The number of carbonyl (C=O) groups excluding carboxylic acids is 5. The van der Waals surface area contributed by atoms with Gasteiger partial charge in [-0.3, -0.25) is 19.2 Å². The van der Waals surface area contributed by atoms with Crippen LogP contribution in [-0.2, 0) is 19.2 Å². The van der Waals surface area contributed by atoms with Gasteiger partial charge in [-0.1, -0.05) is 32.1 Å². The molecule has 0 radical (unpaired) electrons. The van der Waals surface area contributed by atoms with E-state index >= 15 is 0 Å². The molecule has 3 aliphatic carbocycles. The highest BCUT2D eigenvalue weighted by molar-refractivity contribution is 6.51. The number of nitrogens with two attached hydrogens (primary N) is 1. The summed E-state index contributed by atoms with van der Waals surface area (Å²) in [5, 5.41) is 8.41. The summed E-state index contributed by atoms with van der Waals surface area (Å²) in [6.07, 6.45) is 6.69. The SMILES string of the molecule is CC(C)(C)NC(=O)N[C@H](C(=O)N1CC2[C@@H]([C@H]1C(=O)NC(CC1CC1)C(=O)C(N)=O)C2(Cl)Cl)C1CCCCC1. The molecule has 12 heteroatoms. The summed E-state index contributed by atoms with van der Waals surface area (Å²) in [6.45, 7) is 5.72. The number of hydrogen-bond acceptors (Lipinski definition) is 5. The van der Waals surface area contributed by atoms with Gasteiger partial charge in [0.2, 0.25) is 17.6 Å². The van der Waals surface area contributed by atoms with Crippen LogP contribution in [0.1, 0.15) is 72.1 Å². The van der Waals surface area contributed by atoms with Crippen molar-refractivity contribution in [2.24, 2.45) is 29.4 Å². The first kappa shape index (κ1) is 28.9. The first-order valence-electron chi connectivity index (χ1n) is 13.6. The van der Waals surface area contributed by atoms with Gasteiger partial charge in [0.15, 0.2) is 0 Å². The number of rotatable bonds is 9. The van der Waals surface area contributed by atoms with Crippen LogP contribution in [0.15, 0.2) is 0 Å². The molecule has 212 valence electrons. The number of amides is 5. The van der Waals surface area contributed by atoms with Gasteiger partial charge in [0.05, 0.1) is 6.04 Å². The third-order valence-corrected chi connectivity index (χ3v) is 9.25. The van der Waals surface area contributed by atoms with Crippen LogP contribution < -0.4 is 21.7 Å². The van der Waals surface area contributed by atoms with Crippen LogP contribution in [0.4, 0.5) is 4.79 Å². The Morgan fingerprint density at radius 2 is 1.63 bits per heavy atom. The number of nitrogens with zero attached hydrogens (tertiary/aromatic N) is 1. The third-order valence-electron chi connectivity index (χ3n) is 8.19. The second kappa shape index (κ2) is 10.8. The molecule has 0 bridgehead atoms. The summed E-state index contributed by atoms with van der Waals surface area (Å²) in [5.74, 6) is -3.59. The maximum Gasteiger partial charge on any atom is 0.315 e. The molecule has 4 fully saturated rings. The van der Waals surface area contributed by atoms with Crippen LogP contribution in [0.5, 0.6) is 0 Å². The molecule has 10 nitrogen and oxygen atoms in total. The Balaban J connectivity index is 1.55. The van der Waals surface area contributed by atoms with Gasteiger partial charge in [-0.25, -0.2) is 4.79 Å². The normalized spacial score (nSPS) is 28.0. The third kappa shape index (κ3) is 6.38. The summed E-state index contributed by atoms with van der Waals surface area (Å²) in [7, 11) is 0. The highest BCUT2D eigenvalue weighted by Crippen LogP contribution is 2.65. The lowest BCUT2D eigenvalue weighted by Gasteiger charge is -2.37. The zero-order valence-electron chi connectivity index (χ0n) is 22.2. The van der Waals surface area contributed by atoms with E-state index in [4.69, 9.17) is 28.9 Å². The smallest absolute Gasteiger partial charge is 0.315 e. The average Bonchev–Trinajstić information content (AvgIpc) is 3.68. The van der Waals surface area contributed by atoms with Crippen molar-refractivity contribution in [3.05, 3.63) is 0 Å². The molecular formula is C26H39Cl2N5O5. The second-order valence-corrected chi connectivity index (χ2v) is 13.9. The van der Waals surface area contributed by atoms with Crippen LogP contribution in [0.3, 0.4) is 0 Å². The van der Waals surface area contributed by atoms with Crippen molar-refractivity contribution < 1.29 is 24.0 Å². The minimum Gasteiger partial charge on any atom is -0.363 e. The van der Waals surface area contributed by atoms with E-state index in [1.54, 1.807) is 0 Å². The van der Waals surface area contributed by atoms with Gasteiger partial charge in [-0.15, -0.1) is 23.2 Å². The van der Waals surface area contributed by atoms with Crippen LogP contribution in [0.2, 0.25) is 0 Å². The topological polar surface area (TPSA) is 151 Å². The Labute approximate surface area is 233 Å². The first-order chi connectivity index (χ1) is 17.7. The minimum absolute atomic E-state index is 0.0709. The zero-order valence-corrected chi connectivity index (χ0v) is 23.7. The van der Waals surface area contributed by atoms with Crippen LogP contribution >= 0.6 is 23.2 Å². The van der Waals surface area contributed by atoms with Crippen molar-refractivity contribution in [2.45, 2.75) is 100 Å². The molecule has 5 atom stereocenters. The molecule has 0 aromatic rings. The van der Waals surface area contributed by atoms with E-state index in [2.05, 4.69) is 16.0 Å². The van der Waals surface area contributed by atoms with Gasteiger partial charge in [0.1, 0.15) is 16.4 Å². The summed E-state index contributed by atoms with van der Waals surface area (Å²) in [6, 6.07) is -3.36. The lowest BCUT2D eigenvalue weighted by molar-refractivity contribution is -0.144. The molecule has 5 amide bonds. The van der Waals surface area contributed by atoms with Gasteiger partial charge in [0, 0.05) is 23.9 Å². The standard InChI is InChI=1S/C26H39Cl2N5O5/c1-25(2,3)32-24(38)31-18(14-7-5-4-6-8-14)23(37)33-12-15-17(26(15,27)28)19(33)22(36)30-16(11-13-9-10-13)20(34)21(29)35/h13-19H,4-12H2,1-3H3,(H2,29,35)(H,30,36)(H2,31,32,38)/t15?,16?,17-,18-,19-/m0/s1. The highest BCUT2D eigenvalue weighted by atomic mass is 35.5. The molecule has 1 aliphatic heterocycles. The van der Waals surface area contributed by atoms with Crippen molar-refractivity contribution in [1.29, 1.82) is 0 Å². The molecule has 3 saturated carbocycles. The van der Waals surface area contributed by atoms with Crippen LogP contribution in [-0.4, -0.2) is 69.0 Å². The van der Waals surface area contributed by atoms with E-state index in [1.165, 1.54) is 4.90 Å². The maximum absolute atomic E-state index is 14.0. The number of nitrogens with one attached hydrogen (secondary N) is 3. The molecule has 1 heterocycles. The van der Waals surface area contributed by atoms with Crippen LogP contribution in [0.25, 0.3) is 0 Å². The van der Waals surface area contributed by atoms with E-state index in [9.17, 15) is 24.0 Å². The summed E-state index contributed by atoms with van der Waals surface area (Å²) in [5.41, 5.74) is 4.74. The van der Waals surface area contributed by atoms with Crippen LogP contribution in [0, 0.1) is 23.7 Å². The molecule has 4 rings (SSSR count). The van der Waals surface area contributed by atoms with Crippen molar-refractivity contribution in [3.63, 3.8) is 0 Å². The second-order valence-electron chi connectivity index (χ2n) is 12.4. The molecule has 4 aliphatic rings. The fraction of sp³-hybridized carbons (Fsp3) is 0.808. The molecule has 0 spiro atoms. The molecule has 1 saturated heterocycles. The predicted octanol–water partition coefficient (Wildman–Crippen LogP) is 2.00. The Hall–Kier alpha value is -2.07. The Kier molecular flexibility index (Phi) is 8.25. The lowest BCUT2D eigenvalue weighted by Crippen LogP contribution is -2.61. The predicted molar refractivity (Wildman–Crippen MR) is 142 cm³/mol. The lowest BCUT2D eigenvalue weighted by atomic mass is 9.83. The monoisotopic (exact) mass is 571 g/mol. The first-order valence-corrected chi connectivity index (χ1v) is 14.4. The number of piperidine rings is 1. The molecule has 0 aromatic heterocycles. The number of carbonyl (C=O) groups is 5. The summed E-state index contributed by atoms with van der Waals surface area (Å²) >= 11 is 12.9. The number of Topliss-reactive ketones (excluding diaryl/α,β-unsaturated/α-hetero) is 1. The number of fused-ring (bicyclic) bond motifs is 1.